The summed E-state index contributed by atoms with van der Waals surface area (Å²) in [7, 11) is 1.55. The van der Waals surface area contributed by atoms with Gasteiger partial charge >= 0.3 is 12.0 Å². The third kappa shape index (κ3) is 4.34. The van der Waals surface area contributed by atoms with Crippen LogP contribution in [-0.4, -0.2) is 54.6 Å². The van der Waals surface area contributed by atoms with E-state index in [1.807, 2.05) is 6.92 Å². The second-order valence-corrected chi connectivity index (χ2v) is 5.77. The molecule has 1 saturated carbocycles. The Morgan fingerprint density at radius 3 is 2.33 bits per heavy atom. The number of carbonyl (C=O) groups is 3. The molecule has 0 aromatic heterocycles. The minimum atomic E-state index is -0.938. The highest BCUT2D eigenvalue weighted by molar-refractivity contribution is 5.84. The number of carbonyl (C=O) groups excluding carboxylic acids is 2. The Morgan fingerprint density at radius 1 is 1.29 bits per heavy atom. The molecule has 21 heavy (non-hydrogen) atoms. The van der Waals surface area contributed by atoms with Crippen LogP contribution in [0.4, 0.5) is 4.79 Å². The topological polar surface area (TPSA) is 98.7 Å². The van der Waals surface area contributed by atoms with Gasteiger partial charge in [-0.1, -0.05) is 13.3 Å². The highest BCUT2D eigenvalue weighted by Crippen LogP contribution is 2.40. The average Bonchev–Trinajstić information content (AvgIpc) is 2.37. The number of carboxylic acids is 1. The predicted molar refractivity (Wildman–Crippen MR) is 77.8 cm³/mol. The summed E-state index contributed by atoms with van der Waals surface area (Å²) in [5.41, 5.74) is -0.495. The van der Waals surface area contributed by atoms with Gasteiger partial charge in [0.1, 0.15) is 0 Å². The van der Waals surface area contributed by atoms with Gasteiger partial charge < -0.3 is 20.6 Å². The number of carboxylic acid groups (broad SMARTS) is 1. The molecule has 1 aliphatic carbocycles. The lowest BCUT2D eigenvalue weighted by Crippen LogP contribution is -2.54. The third-order valence-corrected chi connectivity index (χ3v) is 4.02. The fourth-order valence-corrected chi connectivity index (χ4v) is 2.39. The maximum Gasteiger partial charge on any atom is 0.317 e. The first kappa shape index (κ1) is 17.3. The highest BCUT2D eigenvalue weighted by Gasteiger charge is 2.44. The number of hydrogen-bond donors (Lipinski definition) is 3. The summed E-state index contributed by atoms with van der Waals surface area (Å²) in [6, 6.07) is -0.348. The van der Waals surface area contributed by atoms with Crippen molar-refractivity contribution >= 4 is 17.9 Å². The molecule has 7 heteroatoms. The van der Waals surface area contributed by atoms with E-state index in [0.29, 0.717) is 13.1 Å². The Bertz CT molecular complexity index is 407. The monoisotopic (exact) mass is 299 g/mol. The average molecular weight is 299 g/mol. The molecular formula is C14H25N3O4. The van der Waals surface area contributed by atoms with Crippen LogP contribution in [0.1, 0.15) is 33.1 Å². The van der Waals surface area contributed by atoms with Crippen molar-refractivity contribution in [1.29, 1.82) is 0 Å². The van der Waals surface area contributed by atoms with Crippen LogP contribution in [0.5, 0.6) is 0 Å². The summed E-state index contributed by atoms with van der Waals surface area (Å²) in [4.78, 5) is 36.1. The molecule has 0 spiro atoms. The zero-order chi connectivity index (χ0) is 16.0. The summed E-state index contributed by atoms with van der Waals surface area (Å²) in [6.45, 7) is 4.42. The Kier molecular flexibility index (Phi) is 5.99. The predicted octanol–water partition coefficient (Wildman–Crippen LogP) is 0.655. The van der Waals surface area contributed by atoms with Gasteiger partial charge in [0, 0.05) is 26.7 Å². The standard InChI is InChI=1S/C14H25N3O4/c1-4-15-12(20)14(6-5-7-14)9-16-13(21)17(3)8-10(2)11(18)19/h10H,4-9H2,1-3H3,(H,15,20)(H,16,21)(H,18,19). The van der Waals surface area contributed by atoms with E-state index < -0.39 is 17.3 Å². The van der Waals surface area contributed by atoms with Crippen molar-refractivity contribution in [3.63, 3.8) is 0 Å². The van der Waals surface area contributed by atoms with Crippen LogP contribution in [0.25, 0.3) is 0 Å². The van der Waals surface area contributed by atoms with E-state index in [4.69, 9.17) is 5.11 Å². The van der Waals surface area contributed by atoms with Gasteiger partial charge in [0.05, 0.1) is 11.3 Å². The molecule has 0 bridgehead atoms. The van der Waals surface area contributed by atoms with Crippen molar-refractivity contribution in [3.8, 4) is 0 Å². The van der Waals surface area contributed by atoms with E-state index in [1.54, 1.807) is 14.0 Å². The molecule has 7 nitrogen and oxygen atoms in total. The number of urea groups is 1. The van der Waals surface area contributed by atoms with Gasteiger partial charge in [0.25, 0.3) is 0 Å². The lowest BCUT2D eigenvalue weighted by atomic mass is 9.68. The van der Waals surface area contributed by atoms with Crippen LogP contribution in [0.3, 0.4) is 0 Å². The molecule has 3 N–H and O–H groups in total. The molecule has 1 fully saturated rings. The molecule has 0 radical (unpaired) electrons. The van der Waals surface area contributed by atoms with Crippen LogP contribution in [0.2, 0.25) is 0 Å². The minimum absolute atomic E-state index is 0.0156. The summed E-state index contributed by atoms with van der Waals surface area (Å²) in [5.74, 6) is -1.58. The Labute approximate surface area is 125 Å². The molecule has 1 rings (SSSR count). The lowest BCUT2D eigenvalue weighted by molar-refractivity contribution is -0.141. The van der Waals surface area contributed by atoms with Gasteiger partial charge in [-0.25, -0.2) is 4.79 Å². The van der Waals surface area contributed by atoms with Crippen LogP contribution in [0.15, 0.2) is 0 Å². The van der Waals surface area contributed by atoms with Crippen LogP contribution in [-0.2, 0) is 9.59 Å². The first-order valence-electron chi connectivity index (χ1n) is 7.32. The summed E-state index contributed by atoms with van der Waals surface area (Å²) in [6.07, 6.45) is 2.53. The van der Waals surface area contributed by atoms with E-state index in [2.05, 4.69) is 10.6 Å². The van der Waals surface area contributed by atoms with Gasteiger partial charge in [0.15, 0.2) is 0 Å². The van der Waals surface area contributed by atoms with Crippen molar-refractivity contribution in [2.24, 2.45) is 11.3 Å². The van der Waals surface area contributed by atoms with Crippen LogP contribution in [0, 0.1) is 11.3 Å². The van der Waals surface area contributed by atoms with E-state index in [0.717, 1.165) is 19.3 Å². The molecule has 0 heterocycles. The van der Waals surface area contributed by atoms with E-state index >= 15 is 0 Å². The second kappa shape index (κ2) is 7.28. The van der Waals surface area contributed by atoms with Gasteiger partial charge in [-0.15, -0.1) is 0 Å². The maximum atomic E-state index is 12.0. The second-order valence-electron chi connectivity index (χ2n) is 5.77. The van der Waals surface area contributed by atoms with Crippen LogP contribution >= 0.6 is 0 Å². The Hall–Kier alpha value is -1.79. The van der Waals surface area contributed by atoms with E-state index in [9.17, 15) is 14.4 Å². The first-order chi connectivity index (χ1) is 9.82. The van der Waals surface area contributed by atoms with E-state index in [-0.39, 0.29) is 18.5 Å². The molecule has 0 saturated heterocycles. The molecule has 1 atom stereocenters. The fraction of sp³-hybridized carbons (Fsp3) is 0.786. The van der Waals surface area contributed by atoms with Gasteiger partial charge in [0.2, 0.25) is 5.91 Å². The molecule has 1 aliphatic rings. The molecule has 0 aromatic carbocycles. The van der Waals surface area contributed by atoms with Crippen molar-refractivity contribution in [3.05, 3.63) is 0 Å². The molecule has 0 aliphatic heterocycles. The van der Waals surface area contributed by atoms with Crippen LogP contribution < -0.4 is 10.6 Å². The maximum absolute atomic E-state index is 12.0. The number of hydrogen-bond acceptors (Lipinski definition) is 3. The van der Waals surface area contributed by atoms with Gasteiger partial charge in [-0.3, -0.25) is 9.59 Å². The summed E-state index contributed by atoms with van der Waals surface area (Å²) < 4.78 is 0. The largest absolute Gasteiger partial charge is 0.481 e. The molecule has 3 amide bonds. The van der Waals surface area contributed by atoms with E-state index in [1.165, 1.54) is 4.90 Å². The van der Waals surface area contributed by atoms with Crippen molar-refractivity contribution in [2.75, 3.05) is 26.7 Å². The quantitative estimate of drug-likeness (QED) is 0.643. The molecule has 0 aromatic rings. The zero-order valence-corrected chi connectivity index (χ0v) is 12.9. The SMILES string of the molecule is CCNC(=O)C1(CNC(=O)N(C)CC(C)C(=O)O)CCC1. The molecule has 120 valence electrons. The highest BCUT2D eigenvalue weighted by atomic mass is 16.4. The smallest absolute Gasteiger partial charge is 0.317 e. The summed E-state index contributed by atoms with van der Waals surface area (Å²) in [5, 5.41) is 14.4. The molecular weight excluding hydrogens is 274 g/mol. The van der Waals surface area contributed by atoms with Crippen molar-refractivity contribution in [1.82, 2.24) is 15.5 Å². The fourth-order valence-electron chi connectivity index (χ4n) is 2.39. The number of rotatable bonds is 7. The Balaban J connectivity index is 2.47. The summed E-state index contributed by atoms with van der Waals surface area (Å²) >= 11 is 0. The van der Waals surface area contributed by atoms with Crippen molar-refractivity contribution < 1.29 is 19.5 Å². The number of aliphatic carboxylic acids is 1. The van der Waals surface area contributed by atoms with Gasteiger partial charge in [-0.2, -0.15) is 0 Å². The Morgan fingerprint density at radius 2 is 1.90 bits per heavy atom. The van der Waals surface area contributed by atoms with Crippen molar-refractivity contribution in [2.45, 2.75) is 33.1 Å². The number of nitrogens with zero attached hydrogens (tertiary/aromatic N) is 1. The third-order valence-electron chi connectivity index (χ3n) is 4.02. The first-order valence-corrected chi connectivity index (χ1v) is 7.32. The molecule has 1 unspecified atom stereocenters. The number of nitrogens with one attached hydrogen (secondary N) is 2. The van der Waals surface area contributed by atoms with Gasteiger partial charge in [-0.05, 0) is 19.8 Å². The normalized spacial score (nSPS) is 17.3. The lowest BCUT2D eigenvalue weighted by Gasteiger charge is -2.40. The zero-order valence-electron chi connectivity index (χ0n) is 12.9. The minimum Gasteiger partial charge on any atom is -0.481 e. The number of amides is 3.